The van der Waals surface area contributed by atoms with Crippen molar-refractivity contribution in [2.45, 2.75) is 18.3 Å². The van der Waals surface area contributed by atoms with Gasteiger partial charge >= 0.3 is 0 Å². The Kier molecular flexibility index (Phi) is 2.09. The molecular weight excluding hydrogens is 249 g/mol. The molecule has 1 aliphatic rings. The van der Waals surface area contributed by atoms with E-state index < -0.39 is 0 Å². The summed E-state index contributed by atoms with van der Waals surface area (Å²) in [6, 6.07) is 7.99. The fourth-order valence-electron chi connectivity index (χ4n) is 1.43. The van der Waals surface area contributed by atoms with Crippen LogP contribution in [0.1, 0.15) is 18.4 Å². The molecule has 0 bridgehead atoms. The lowest BCUT2D eigenvalue weighted by molar-refractivity contribution is 0.907. The van der Waals surface area contributed by atoms with Crippen molar-refractivity contribution in [2.24, 2.45) is 0 Å². The lowest BCUT2D eigenvalue weighted by Gasteiger charge is -2.08. The van der Waals surface area contributed by atoms with Gasteiger partial charge in [-0.15, -0.1) is 0 Å². The summed E-state index contributed by atoms with van der Waals surface area (Å²) < 4.78 is 0.980. The summed E-state index contributed by atoms with van der Waals surface area (Å²) in [5.41, 5.74) is 0.673. The van der Waals surface area contributed by atoms with Crippen molar-refractivity contribution in [3.63, 3.8) is 0 Å². The Bertz CT molecular complexity index is 390. The second-order valence-electron chi connectivity index (χ2n) is 3.32. The van der Waals surface area contributed by atoms with Crippen molar-refractivity contribution < 1.29 is 0 Å². The average Bonchev–Trinajstić information content (AvgIpc) is 2.90. The van der Waals surface area contributed by atoms with E-state index in [4.69, 9.17) is 16.9 Å². The largest absolute Gasteiger partial charge is 0.197 e. The summed E-state index contributed by atoms with van der Waals surface area (Å²) in [6.45, 7) is 0. The van der Waals surface area contributed by atoms with E-state index >= 15 is 0 Å². The summed E-state index contributed by atoms with van der Waals surface area (Å²) >= 11 is 9.41. The molecule has 0 radical (unpaired) electrons. The SMILES string of the molecule is N#CC1(c2cc(Br)ccc2Cl)CC1. The minimum absolute atomic E-state index is 0.291. The van der Waals surface area contributed by atoms with E-state index in [0.717, 1.165) is 22.9 Å². The van der Waals surface area contributed by atoms with Crippen LogP contribution in [0.4, 0.5) is 0 Å². The van der Waals surface area contributed by atoms with E-state index in [0.29, 0.717) is 5.02 Å². The minimum Gasteiger partial charge on any atom is -0.197 e. The van der Waals surface area contributed by atoms with Gasteiger partial charge in [0.1, 0.15) is 0 Å². The Morgan fingerprint density at radius 1 is 1.46 bits per heavy atom. The molecule has 1 saturated carbocycles. The normalized spacial score (nSPS) is 17.9. The zero-order valence-electron chi connectivity index (χ0n) is 6.85. The second kappa shape index (κ2) is 3.01. The number of halogens is 2. The van der Waals surface area contributed by atoms with E-state index in [1.165, 1.54) is 0 Å². The van der Waals surface area contributed by atoms with Crippen LogP contribution >= 0.6 is 27.5 Å². The van der Waals surface area contributed by atoms with E-state index in [-0.39, 0.29) is 5.41 Å². The molecule has 66 valence electrons. The van der Waals surface area contributed by atoms with Crippen LogP contribution < -0.4 is 0 Å². The van der Waals surface area contributed by atoms with Crippen LogP contribution in [0, 0.1) is 11.3 Å². The van der Waals surface area contributed by atoms with Crippen LogP contribution in [0.15, 0.2) is 22.7 Å². The highest BCUT2D eigenvalue weighted by atomic mass is 79.9. The van der Waals surface area contributed by atoms with Gasteiger partial charge < -0.3 is 0 Å². The van der Waals surface area contributed by atoms with Crippen molar-refractivity contribution in [1.29, 1.82) is 5.26 Å². The number of rotatable bonds is 1. The van der Waals surface area contributed by atoms with Gasteiger partial charge in [-0.3, -0.25) is 0 Å². The highest BCUT2D eigenvalue weighted by molar-refractivity contribution is 9.10. The fraction of sp³-hybridized carbons (Fsp3) is 0.300. The molecule has 1 nitrogen and oxygen atoms in total. The van der Waals surface area contributed by atoms with Crippen molar-refractivity contribution in [3.8, 4) is 6.07 Å². The smallest absolute Gasteiger partial charge is 0.0838 e. The Labute approximate surface area is 90.4 Å². The van der Waals surface area contributed by atoms with E-state index in [9.17, 15) is 0 Å². The summed E-state index contributed by atoms with van der Waals surface area (Å²) in [5, 5.41) is 9.70. The van der Waals surface area contributed by atoms with E-state index in [2.05, 4.69) is 22.0 Å². The third-order valence-electron chi connectivity index (χ3n) is 2.41. The Balaban J connectivity index is 2.52. The van der Waals surface area contributed by atoms with Gasteiger partial charge in [-0.05, 0) is 36.6 Å². The predicted molar refractivity (Wildman–Crippen MR) is 55.7 cm³/mol. The van der Waals surface area contributed by atoms with Crippen LogP contribution in [-0.4, -0.2) is 0 Å². The molecule has 2 rings (SSSR count). The molecule has 0 heterocycles. The van der Waals surface area contributed by atoms with E-state index in [1.54, 1.807) is 0 Å². The first-order valence-corrected chi connectivity index (χ1v) is 5.22. The molecule has 1 aromatic rings. The van der Waals surface area contributed by atoms with Crippen molar-refractivity contribution in [1.82, 2.24) is 0 Å². The Morgan fingerprint density at radius 2 is 2.15 bits per heavy atom. The quantitative estimate of drug-likeness (QED) is 0.752. The lowest BCUT2D eigenvalue weighted by Crippen LogP contribution is -2.03. The standard InChI is InChI=1S/C10H7BrClN/c11-7-1-2-9(12)8(5-7)10(6-13)3-4-10/h1-2,5H,3-4H2. The van der Waals surface area contributed by atoms with Gasteiger partial charge in [0.2, 0.25) is 0 Å². The molecule has 0 amide bonds. The molecule has 0 unspecified atom stereocenters. The molecule has 1 fully saturated rings. The van der Waals surface area contributed by atoms with Gasteiger partial charge in [0.05, 0.1) is 11.5 Å². The molecule has 0 aliphatic heterocycles. The van der Waals surface area contributed by atoms with Gasteiger partial charge in [-0.25, -0.2) is 0 Å². The van der Waals surface area contributed by atoms with Gasteiger partial charge in [0, 0.05) is 9.50 Å². The first-order chi connectivity index (χ1) is 6.18. The summed E-state index contributed by atoms with van der Waals surface area (Å²) in [5.74, 6) is 0. The average molecular weight is 257 g/mol. The summed E-state index contributed by atoms with van der Waals surface area (Å²) in [7, 11) is 0. The third-order valence-corrected chi connectivity index (χ3v) is 3.23. The number of nitrogens with zero attached hydrogens (tertiary/aromatic N) is 1. The molecular formula is C10H7BrClN. The first kappa shape index (κ1) is 9.05. The zero-order valence-corrected chi connectivity index (χ0v) is 9.19. The molecule has 0 atom stereocenters. The van der Waals surface area contributed by atoms with Crippen molar-refractivity contribution in [2.75, 3.05) is 0 Å². The van der Waals surface area contributed by atoms with Crippen LogP contribution in [0.3, 0.4) is 0 Å². The predicted octanol–water partition coefficient (Wildman–Crippen LogP) is 3.66. The molecule has 0 spiro atoms. The molecule has 13 heavy (non-hydrogen) atoms. The summed E-state index contributed by atoms with van der Waals surface area (Å²) in [4.78, 5) is 0. The zero-order chi connectivity index (χ0) is 9.47. The van der Waals surface area contributed by atoms with Gasteiger partial charge in [0.25, 0.3) is 0 Å². The number of hydrogen-bond acceptors (Lipinski definition) is 1. The lowest BCUT2D eigenvalue weighted by atomic mass is 9.98. The number of benzene rings is 1. The second-order valence-corrected chi connectivity index (χ2v) is 4.64. The Hall–Kier alpha value is -0.520. The maximum absolute atomic E-state index is 9.00. The van der Waals surface area contributed by atoms with Crippen LogP contribution in [-0.2, 0) is 5.41 Å². The summed E-state index contributed by atoms with van der Waals surface area (Å²) in [6.07, 6.45) is 1.86. The molecule has 3 heteroatoms. The highest BCUT2D eigenvalue weighted by Gasteiger charge is 2.46. The van der Waals surface area contributed by atoms with E-state index in [1.807, 2.05) is 18.2 Å². The number of hydrogen-bond donors (Lipinski definition) is 0. The van der Waals surface area contributed by atoms with Crippen LogP contribution in [0.25, 0.3) is 0 Å². The molecule has 1 aliphatic carbocycles. The van der Waals surface area contributed by atoms with Crippen molar-refractivity contribution in [3.05, 3.63) is 33.3 Å². The maximum atomic E-state index is 9.00. The third kappa shape index (κ3) is 1.47. The first-order valence-electron chi connectivity index (χ1n) is 4.05. The van der Waals surface area contributed by atoms with Crippen molar-refractivity contribution >= 4 is 27.5 Å². The highest BCUT2D eigenvalue weighted by Crippen LogP contribution is 2.50. The van der Waals surface area contributed by atoms with Gasteiger partial charge in [-0.1, -0.05) is 27.5 Å². The minimum atomic E-state index is -0.291. The molecule has 0 saturated heterocycles. The number of nitriles is 1. The van der Waals surface area contributed by atoms with Gasteiger partial charge in [-0.2, -0.15) is 5.26 Å². The Morgan fingerprint density at radius 3 is 2.69 bits per heavy atom. The van der Waals surface area contributed by atoms with Crippen LogP contribution in [0.2, 0.25) is 5.02 Å². The maximum Gasteiger partial charge on any atom is 0.0838 e. The fourth-order valence-corrected chi connectivity index (χ4v) is 2.09. The monoisotopic (exact) mass is 255 g/mol. The topological polar surface area (TPSA) is 23.8 Å². The van der Waals surface area contributed by atoms with Crippen LogP contribution in [0.5, 0.6) is 0 Å². The molecule has 1 aromatic carbocycles. The van der Waals surface area contributed by atoms with Gasteiger partial charge in [0.15, 0.2) is 0 Å². The molecule has 0 aromatic heterocycles. The molecule has 0 N–H and O–H groups in total.